The van der Waals surface area contributed by atoms with Crippen molar-refractivity contribution in [1.82, 2.24) is 10.2 Å². The smallest absolute Gasteiger partial charge is 0.317 e. The van der Waals surface area contributed by atoms with Crippen LogP contribution in [0.5, 0.6) is 0 Å². The first kappa shape index (κ1) is 17.7. The fourth-order valence-corrected chi connectivity index (χ4v) is 2.59. The number of ether oxygens (including phenoxy) is 2. The molecule has 1 fully saturated rings. The van der Waals surface area contributed by atoms with Crippen LogP contribution in [0.4, 0.5) is 4.79 Å². The first-order valence-electron chi connectivity index (χ1n) is 7.30. The van der Waals surface area contributed by atoms with Crippen molar-refractivity contribution in [1.29, 1.82) is 0 Å². The number of urea groups is 1. The molecule has 0 heterocycles. The molecule has 7 nitrogen and oxygen atoms in total. The van der Waals surface area contributed by atoms with E-state index >= 15 is 0 Å². The van der Waals surface area contributed by atoms with E-state index in [4.69, 9.17) is 9.47 Å². The van der Waals surface area contributed by atoms with Crippen LogP contribution in [0.2, 0.25) is 0 Å². The Morgan fingerprint density at radius 3 is 2.10 bits per heavy atom. The van der Waals surface area contributed by atoms with Crippen LogP contribution in [-0.2, 0) is 14.3 Å². The molecule has 1 aliphatic rings. The Morgan fingerprint density at radius 1 is 1.14 bits per heavy atom. The predicted octanol–water partition coefficient (Wildman–Crippen LogP) is 0.936. The molecule has 0 radical (unpaired) electrons. The zero-order chi connectivity index (χ0) is 15.7. The lowest BCUT2D eigenvalue weighted by Gasteiger charge is -2.27. The quantitative estimate of drug-likeness (QED) is 0.661. The largest absolute Gasteiger partial charge is 0.481 e. The van der Waals surface area contributed by atoms with E-state index in [2.05, 4.69) is 5.32 Å². The van der Waals surface area contributed by atoms with E-state index in [1.54, 1.807) is 19.1 Å². The SMILES string of the molecule is COCCN(CCOC)C(=O)NCC1(C(=O)O)CCCC1. The second kappa shape index (κ2) is 8.84. The lowest BCUT2D eigenvalue weighted by atomic mass is 9.86. The number of hydrogen-bond acceptors (Lipinski definition) is 4. The number of amides is 2. The Bertz CT molecular complexity index is 334. The van der Waals surface area contributed by atoms with Crippen molar-refractivity contribution in [3.05, 3.63) is 0 Å². The van der Waals surface area contributed by atoms with Gasteiger partial charge in [-0.05, 0) is 12.8 Å². The fourth-order valence-electron chi connectivity index (χ4n) is 2.59. The van der Waals surface area contributed by atoms with Gasteiger partial charge in [0.1, 0.15) is 0 Å². The van der Waals surface area contributed by atoms with Crippen LogP contribution in [0.1, 0.15) is 25.7 Å². The summed E-state index contributed by atoms with van der Waals surface area (Å²) in [6, 6.07) is -0.267. The molecule has 0 atom stereocenters. The molecule has 0 aromatic heterocycles. The maximum Gasteiger partial charge on any atom is 0.317 e. The van der Waals surface area contributed by atoms with Crippen LogP contribution < -0.4 is 5.32 Å². The molecule has 2 amide bonds. The Balaban J connectivity index is 2.52. The molecule has 1 aliphatic carbocycles. The highest BCUT2D eigenvalue weighted by Crippen LogP contribution is 2.37. The molecule has 1 rings (SSSR count). The van der Waals surface area contributed by atoms with Crippen LogP contribution in [0.15, 0.2) is 0 Å². The van der Waals surface area contributed by atoms with Crippen LogP contribution in [0.25, 0.3) is 0 Å². The number of hydrogen-bond donors (Lipinski definition) is 2. The van der Waals surface area contributed by atoms with E-state index in [1.807, 2.05) is 0 Å². The summed E-state index contributed by atoms with van der Waals surface area (Å²) in [6.45, 7) is 1.94. The van der Waals surface area contributed by atoms with Crippen LogP contribution in [0.3, 0.4) is 0 Å². The molecule has 7 heteroatoms. The topological polar surface area (TPSA) is 88.1 Å². The van der Waals surface area contributed by atoms with Gasteiger partial charge in [-0.2, -0.15) is 0 Å². The zero-order valence-corrected chi connectivity index (χ0v) is 12.9. The van der Waals surface area contributed by atoms with Crippen molar-refractivity contribution in [2.75, 3.05) is 47.1 Å². The van der Waals surface area contributed by atoms with Crippen molar-refractivity contribution < 1.29 is 24.2 Å². The number of carbonyl (C=O) groups is 2. The van der Waals surface area contributed by atoms with Gasteiger partial charge in [-0.1, -0.05) is 12.8 Å². The highest BCUT2D eigenvalue weighted by atomic mass is 16.5. The van der Waals surface area contributed by atoms with Gasteiger partial charge in [-0.25, -0.2) is 4.79 Å². The van der Waals surface area contributed by atoms with Crippen LogP contribution in [0, 0.1) is 5.41 Å². The van der Waals surface area contributed by atoms with Gasteiger partial charge in [0.05, 0.1) is 18.6 Å². The average molecular weight is 302 g/mol. The highest BCUT2D eigenvalue weighted by molar-refractivity contribution is 5.78. The molecule has 0 aromatic carbocycles. The van der Waals surface area contributed by atoms with Crippen molar-refractivity contribution in [2.24, 2.45) is 5.41 Å². The van der Waals surface area contributed by atoms with E-state index in [1.165, 1.54) is 0 Å². The van der Waals surface area contributed by atoms with Crippen LogP contribution >= 0.6 is 0 Å². The highest BCUT2D eigenvalue weighted by Gasteiger charge is 2.41. The second-order valence-electron chi connectivity index (χ2n) is 5.42. The Kier molecular flexibility index (Phi) is 7.45. The molecule has 0 saturated heterocycles. The van der Waals surface area contributed by atoms with Gasteiger partial charge in [-0.15, -0.1) is 0 Å². The van der Waals surface area contributed by atoms with Gasteiger partial charge in [0.15, 0.2) is 0 Å². The minimum atomic E-state index is -0.819. The lowest BCUT2D eigenvalue weighted by Crippen LogP contribution is -2.48. The minimum Gasteiger partial charge on any atom is -0.481 e. The van der Waals surface area contributed by atoms with Gasteiger partial charge in [0.2, 0.25) is 0 Å². The van der Waals surface area contributed by atoms with Crippen molar-refractivity contribution in [3.63, 3.8) is 0 Å². The monoisotopic (exact) mass is 302 g/mol. The van der Waals surface area contributed by atoms with Crippen LogP contribution in [-0.4, -0.2) is 69.1 Å². The first-order valence-corrected chi connectivity index (χ1v) is 7.30. The van der Waals surface area contributed by atoms with Crippen molar-refractivity contribution in [2.45, 2.75) is 25.7 Å². The summed E-state index contributed by atoms with van der Waals surface area (Å²) >= 11 is 0. The summed E-state index contributed by atoms with van der Waals surface area (Å²) in [4.78, 5) is 25.2. The summed E-state index contributed by atoms with van der Waals surface area (Å²) in [5.74, 6) is -0.819. The Morgan fingerprint density at radius 2 is 1.67 bits per heavy atom. The summed E-state index contributed by atoms with van der Waals surface area (Å²) in [5.41, 5.74) is -0.802. The molecule has 0 bridgehead atoms. The molecule has 122 valence electrons. The maximum atomic E-state index is 12.2. The Labute approximate surface area is 125 Å². The number of carboxylic acids is 1. The molecule has 21 heavy (non-hydrogen) atoms. The van der Waals surface area contributed by atoms with E-state index < -0.39 is 11.4 Å². The number of aliphatic carboxylic acids is 1. The predicted molar refractivity (Wildman–Crippen MR) is 77.3 cm³/mol. The number of methoxy groups -OCH3 is 2. The third-order valence-corrected chi connectivity index (χ3v) is 4.01. The molecule has 1 saturated carbocycles. The number of carbonyl (C=O) groups excluding carboxylic acids is 1. The molecule has 0 unspecified atom stereocenters. The number of nitrogens with zero attached hydrogens (tertiary/aromatic N) is 1. The van der Waals surface area contributed by atoms with E-state index in [0.717, 1.165) is 12.8 Å². The van der Waals surface area contributed by atoms with E-state index in [0.29, 0.717) is 39.1 Å². The van der Waals surface area contributed by atoms with Crippen molar-refractivity contribution in [3.8, 4) is 0 Å². The number of carboxylic acid groups (broad SMARTS) is 1. The Hall–Kier alpha value is -1.34. The third-order valence-electron chi connectivity index (χ3n) is 4.01. The first-order chi connectivity index (χ1) is 10.1. The summed E-state index contributed by atoms with van der Waals surface area (Å²) < 4.78 is 9.96. The summed E-state index contributed by atoms with van der Waals surface area (Å²) in [5, 5.41) is 12.2. The number of nitrogens with one attached hydrogen (secondary N) is 1. The molecule has 0 aromatic rings. The summed E-state index contributed by atoms with van der Waals surface area (Å²) in [7, 11) is 3.15. The molecule has 0 spiro atoms. The third kappa shape index (κ3) is 5.17. The molecule has 0 aliphatic heterocycles. The van der Waals surface area contributed by atoms with E-state index in [9.17, 15) is 14.7 Å². The molecular formula is C14H26N2O5. The lowest BCUT2D eigenvalue weighted by molar-refractivity contribution is -0.148. The van der Waals surface area contributed by atoms with Gasteiger partial charge >= 0.3 is 12.0 Å². The van der Waals surface area contributed by atoms with Crippen molar-refractivity contribution >= 4 is 12.0 Å². The molecule has 2 N–H and O–H groups in total. The zero-order valence-electron chi connectivity index (χ0n) is 12.9. The summed E-state index contributed by atoms with van der Waals surface area (Å²) in [6.07, 6.45) is 3.05. The van der Waals surface area contributed by atoms with Gasteiger partial charge < -0.3 is 24.8 Å². The average Bonchev–Trinajstić information content (AvgIpc) is 2.95. The standard InChI is InChI=1S/C14H26N2O5/c1-20-9-7-16(8-10-21-2)13(19)15-11-14(12(17)18)5-3-4-6-14/h3-11H2,1-2H3,(H,15,19)(H,17,18). The second-order valence-corrected chi connectivity index (χ2v) is 5.42. The number of rotatable bonds is 9. The van der Waals surface area contributed by atoms with Gasteiger partial charge in [0, 0.05) is 33.9 Å². The van der Waals surface area contributed by atoms with Gasteiger partial charge in [-0.3, -0.25) is 4.79 Å². The van der Waals surface area contributed by atoms with Gasteiger partial charge in [0.25, 0.3) is 0 Å². The minimum absolute atomic E-state index is 0.178. The normalized spacial score (nSPS) is 16.7. The molecular weight excluding hydrogens is 276 g/mol. The maximum absolute atomic E-state index is 12.2. The fraction of sp³-hybridized carbons (Fsp3) is 0.857. The van der Waals surface area contributed by atoms with E-state index in [-0.39, 0.29) is 12.6 Å².